The fraction of sp³-hybridized carbons (Fsp3) is 0.933. The van der Waals surface area contributed by atoms with Crippen molar-refractivity contribution in [1.82, 2.24) is 15.5 Å². The molecule has 2 N–H and O–H groups in total. The van der Waals surface area contributed by atoms with E-state index in [0.717, 1.165) is 45.2 Å². The van der Waals surface area contributed by atoms with E-state index < -0.39 is 0 Å². The van der Waals surface area contributed by atoms with Gasteiger partial charge in [0.2, 0.25) is 0 Å². The number of hydrogen-bond acceptors (Lipinski definition) is 4. The van der Waals surface area contributed by atoms with Gasteiger partial charge in [-0.3, -0.25) is 4.99 Å². The summed E-state index contributed by atoms with van der Waals surface area (Å²) in [6.07, 6.45) is 0.923. The molecule has 0 aromatic rings. The van der Waals surface area contributed by atoms with Crippen molar-refractivity contribution in [2.75, 3.05) is 60.2 Å². The number of guanidine groups is 1. The van der Waals surface area contributed by atoms with Crippen LogP contribution in [0.5, 0.6) is 0 Å². The maximum atomic E-state index is 5.41. The highest BCUT2D eigenvalue weighted by molar-refractivity contribution is 5.79. The maximum absolute atomic E-state index is 5.41. The Morgan fingerprint density at radius 2 is 1.95 bits per heavy atom. The van der Waals surface area contributed by atoms with E-state index in [0.29, 0.717) is 19.3 Å². The Hall–Kier alpha value is -0.850. The molecule has 0 aliphatic carbocycles. The van der Waals surface area contributed by atoms with Crippen LogP contribution in [0.15, 0.2) is 4.99 Å². The van der Waals surface area contributed by atoms with Crippen LogP contribution < -0.4 is 10.6 Å². The molecule has 0 aromatic heterocycles. The van der Waals surface area contributed by atoms with Gasteiger partial charge in [-0.05, 0) is 34.2 Å². The zero-order valence-corrected chi connectivity index (χ0v) is 14.4. The van der Waals surface area contributed by atoms with Gasteiger partial charge in [-0.25, -0.2) is 0 Å². The third kappa shape index (κ3) is 12.6. The summed E-state index contributed by atoms with van der Waals surface area (Å²) in [4.78, 5) is 6.84. The van der Waals surface area contributed by atoms with E-state index in [1.807, 2.05) is 0 Å². The highest BCUT2D eigenvalue weighted by atomic mass is 16.5. The molecule has 0 atom stereocenters. The number of rotatable bonds is 12. The van der Waals surface area contributed by atoms with Crippen LogP contribution in [-0.4, -0.2) is 77.1 Å². The number of nitrogens with zero attached hydrogens (tertiary/aromatic N) is 2. The van der Waals surface area contributed by atoms with Crippen molar-refractivity contribution < 1.29 is 9.47 Å². The fourth-order valence-corrected chi connectivity index (χ4v) is 1.55. The molecule has 0 unspecified atom stereocenters. The molecular weight excluding hydrogens is 268 g/mol. The smallest absolute Gasteiger partial charge is 0.191 e. The summed E-state index contributed by atoms with van der Waals surface area (Å²) in [5.74, 6) is 0.881. The van der Waals surface area contributed by atoms with Gasteiger partial charge in [0, 0.05) is 45.9 Å². The molecular formula is C15H34N4O2. The number of likely N-dealkylation sites (N-methyl/N-ethyl adjacent to an activating group) is 1. The van der Waals surface area contributed by atoms with Crippen molar-refractivity contribution in [3.05, 3.63) is 0 Å². The Balaban J connectivity index is 3.80. The number of methoxy groups -OCH3 is 1. The SMILES string of the molecule is CCNC(=NCCCOCCOC)NCCN(C)C(C)C. The van der Waals surface area contributed by atoms with E-state index in [9.17, 15) is 0 Å². The predicted molar refractivity (Wildman–Crippen MR) is 89.1 cm³/mol. The first-order chi connectivity index (χ1) is 10.1. The summed E-state index contributed by atoms with van der Waals surface area (Å²) in [7, 11) is 3.81. The molecule has 0 aromatic carbocycles. The molecule has 126 valence electrons. The quantitative estimate of drug-likeness (QED) is 0.319. The highest BCUT2D eigenvalue weighted by Crippen LogP contribution is 1.91. The van der Waals surface area contributed by atoms with Gasteiger partial charge in [0.05, 0.1) is 13.2 Å². The summed E-state index contributed by atoms with van der Waals surface area (Å²) in [6.45, 7) is 12.0. The van der Waals surface area contributed by atoms with E-state index in [1.54, 1.807) is 7.11 Å². The van der Waals surface area contributed by atoms with Crippen LogP contribution in [-0.2, 0) is 9.47 Å². The minimum absolute atomic E-state index is 0.565. The lowest BCUT2D eigenvalue weighted by molar-refractivity contribution is 0.0702. The van der Waals surface area contributed by atoms with Gasteiger partial charge >= 0.3 is 0 Å². The summed E-state index contributed by atoms with van der Waals surface area (Å²) in [5.41, 5.74) is 0. The molecule has 0 heterocycles. The standard InChI is InChI=1S/C15H34N4O2/c1-6-16-15(18-9-10-19(4)14(2)3)17-8-7-11-21-13-12-20-5/h14H,6-13H2,1-5H3,(H2,16,17,18). The van der Waals surface area contributed by atoms with Crippen molar-refractivity contribution in [3.63, 3.8) is 0 Å². The van der Waals surface area contributed by atoms with Crippen LogP contribution in [0.1, 0.15) is 27.2 Å². The Morgan fingerprint density at radius 1 is 1.19 bits per heavy atom. The molecule has 0 aliphatic heterocycles. The maximum Gasteiger partial charge on any atom is 0.191 e. The second-order valence-corrected chi connectivity index (χ2v) is 5.22. The Morgan fingerprint density at radius 3 is 2.57 bits per heavy atom. The van der Waals surface area contributed by atoms with Crippen LogP contribution in [0.2, 0.25) is 0 Å². The van der Waals surface area contributed by atoms with E-state index in [2.05, 4.69) is 48.3 Å². The van der Waals surface area contributed by atoms with Crippen molar-refractivity contribution in [2.24, 2.45) is 4.99 Å². The third-order valence-corrected chi connectivity index (χ3v) is 3.13. The molecule has 21 heavy (non-hydrogen) atoms. The van der Waals surface area contributed by atoms with Crippen LogP contribution in [0.3, 0.4) is 0 Å². The molecule has 0 bridgehead atoms. The van der Waals surface area contributed by atoms with E-state index in [1.165, 1.54) is 0 Å². The van der Waals surface area contributed by atoms with Gasteiger partial charge < -0.3 is 25.0 Å². The molecule has 0 saturated heterocycles. The molecule has 0 saturated carbocycles. The second kappa shape index (κ2) is 14.1. The summed E-state index contributed by atoms with van der Waals surface area (Å²) >= 11 is 0. The monoisotopic (exact) mass is 302 g/mol. The zero-order chi connectivity index (χ0) is 15.9. The Labute approximate surface area is 130 Å². The largest absolute Gasteiger partial charge is 0.382 e. The lowest BCUT2D eigenvalue weighted by Gasteiger charge is -2.21. The first-order valence-electron chi connectivity index (χ1n) is 7.90. The molecule has 0 amide bonds. The van der Waals surface area contributed by atoms with Crippen molar-refractivity contribution >= 4 is 5.96 Å². The highest BCUT2D eigenvalue weighted by Gasteiger charge is 2.03. The number of ether oxygens (including phenoxy) is 2. The predicted octanol–water partition coefficient (Wildman–Crippen LogP) is 0.935. The molecule has 0 radical (unpaired) electrons. The van der Waals surface area contributed by atoms with Crippen LogP contribution in [0.4, 0.5) is 0 Å². The number of hydrogen-bond donors (Lipinski definition) is 2. The molecule has 6 nitrogen and oxygen atoms in total. The fourth-order valence-electron chi connectivity index (χ4n) is 1.55. The topological polar surface area (TPSA) is 58.1 Å². The van der Waals surface area contributed by atoms with E-state index in [-0.39, 0.29) is 0 Å². The van der Waals surface area contributed by atoms with Gasteiger partial charge in [0.15, 0.2) is 5.96 Å². The average Bonchev–Trinajstić information content (AvgIpc) is 2.45. The Kier molecular flexibility index (Phi) is 13.5. The molecule has 0 aliphatic rings. The minimum Gasteiger partial charge on any atom is -0.382 e. The summed E-state index contributed by atoms with van der Waals surface area (Å²) in [5, 5.41) is 6.61. The van der Waals surface area contributed by atoms with Gasteiger partial charge in [0.25, 0.3) is 0 Å². The molecule has 6 heteroatoms. The molecule has 0 fully saturated rings. The first kappa shape index (κ1) is 20.1. The van der Waals surface area contributed by atoms with Gasteiger partial charge in [-0.1, -0.05) is 0 Å². The van der Waals surface area contributed by atoms with E-state index in [4.69, 9.17) is 9.47 Å². The molecule has 0 rings (SSSR count). The summed E-state index contributed by atoms with van der Waals surface area (Å²) in [6, 6.07) is 0.565. The molecule has 0 spiro atoms. The van der Waals surface area contributed by atoms with Crippen LogP contribution in [0.25, 0.3) is 0 Å². The average molecular weight is 302 g/mol. The van der Waals surface area contributed by atoms with Gasteiger partial charge in [0.1, 0.15) is 0 Å². The third-order valence-electron chi connectivity index (χ3n) is 3.13. The zero-order valence-electron chi connectivity index (χ0n) is 14.4. The lowest BCUT2D eigenvalue weighted by atomic mass is 10.3. The number of aliphatic imine (C=N–C) groups is 1. The van der Waals surface area contributed by atoms with Gasteiger partial charge in [-0.2, -0.15) is 0 Å². The van der Waals surface area contributed by atoms with Crippen LogP contribution >= 0.6 is 0 Å². The van der Waals surface area contributed by atoms with Crippen molar-refractivity contribution in [3.8, 4) is 0 Å². The number of nitrogens with one attached hydrogen (secondary N) is 2. The van der Waals surface area contributed by atoms with Crippen molar-refractivity contribution in [2.45, 2.75) is 33.2 Å². The normalized spacial score (nSPS) is 12.2. The van der Waals surface area contributed by atoms with E-state index >= 15 is 0 Å². The lowest BCUT2D eigenvalue weighted by Crippen LogP contribution is -2.42. The first-order valence-corrected chi connectivity index (χ1v) is 7.90. The van der Waals surface area contributed by atoms with Crippen LogP contribution in [0, 0.1) is 0 Å². The summed E-state index contributed by atoms with van der Waals surface area (Å²) < 4.78 is 10.3. The van der Waals surface area contributed by atoms with Gasteiger partial charge in [-0.15, -0.1) is 0 Å². The second-order valence-electron chi connectivity index (χ2n) is 5.22. The van der Waals surface area contributed by atoms with Crippen molar-refractivity contribution in [1.29, 1.82) is 0 Å². The minimum atomic E-state index is 0.565. The Bertz CT molecular complexity index is 260.